The molecule has 1 aromatic carbocycles. The first kappa shape index (κ1) is 15.8. The fourth-order valence-electron chi connectivity index (χ4n) is 2.19. The van der Waals surface area contributed by atoms with E-state index < -0.39 is 11.7 Å². The van der Waals surface area contributed by atoms with Crippen LogP contribution in [-0.2, 0) is 4.74 Å². The van der Waals surface area contributed by atoms with Gasteiger partial charge in [0.2, 0.25) is 0 Å². The van der Waals surface area contributed by atoms with E-state index in [9.17, 15) is 5.11 Å². The molecule has 1 N–H and O–H groups in total. The standard InChI is InChI=1S/C14H20Cl2O2/c1-4-14(5-2,18-6-3)13(17)10-7-8-11(15)12(16)9-10/h7-9,13,17H,4-6H2,1-3H3. The first-order chi connectivity index (χ1) is 8.50. The van der Waals surface area contributed by atoms with Crippen molar-refractivity contribution in [2.45, 2.75) is 45.3 Å². The molecule has 0 aliphatic carbocycles. The maximum Gasteiger partial charge on any atom is 0.108 e. The summed E-state index contributed by atoms with van der Waals surface area (Å²) in [4.78, 5) is 0. The predicted molar refractivity (Wildman–Crippen MR) is 76.4 cm³/mol. The third-order valence-electron chi connectivity index (χ3n) is 3.39. The molecule has 1 unspecified atom stereocenters. The highest BCUT2D eigenvalue weighted by atomic mass is 35.5. The Kier molecular flexibility index (Phi) is 5.93. The monoisotopic (exact) mass is 290 g/mol. The molecule has 0 fully saturated rings. The van der Waals surface area contributed by atoms with E-state index in [-0.39, 0.29) is 0 Å². The molecule has 1 aromatic rings. The summed E-state index contributed by atoms with van der Waals surface area (Å²) in [5.74, 6) is 0. The quantitative estimate of drug-likeness (QED) is 0.828. The fraction of sp³-hybridized carbons (Fsp3) is 0.571. The highest BCUT2D eigenvalue weighted by molar-refractivity contribution is 6.42. The topological polar surface area (TPSA) is 29.5 Å². The zero-order chi connectivity index (χ0) is 13.8. The van der Waals surface area contributed by atoms with Gasteiger partial charge in [0.15, 0.2) is 0 Å². The highest BCUT2D eigenvalue weighted by Crippen LogP contribution is 2.37. The minimum Gasteiger partial charge on any atom is -0.385 e. The molecule has 0 radical (unpaired) electrons. The van der Waals surface area contributed by atoms with Crippen LogP contribution < -0.4 is 0 Å². The summed E-state index contributed by atoms with van der Waals surface area (Å²) in [7, 11) is 0. The second-order valence-electron chi connectivity index (χ2n) is 4.28. The average molecular weight is 291 g/mol. The molecule has 1 rings (SSSR count). The maximum atomic E-state index is 10.6. The van der Waals surface area contributed by atoms with E-state index >= 15 is 0 Å². The largest absolute Gasteiger partial charge is 0.385 e. The van der Waals surface area contributed by atoms with Crippen molar-refractivity contribution in [2.24, 2.45) is 0 Å². The summed E-state index contributed by atoms with van der Waals surface area (Å²) in [5, 5.41) is 11.5. The van der Waals surface area contributed by atoms with E-state index in [1.54, 1.807) is 18.2 Å². The number of benzene rings is 1. The lowest BCUT2D eigenvalue weighted by Gasteiger charge is -2.36. The molecule has 2 nitrogen and oxygen atoms in total. The molecular formula is C14H20Cl2O2. The van der Waals surface area contributed by atoms with Gasteiger partial charge in [-0.15, -0.1) is 0 Å². The van der Waals surface area contributed by atoms with Crippen LogP contribution in [0.2, 0.25) is 10.0 Å². The van der Waals surface area contributed by atoms with E-state index in [0.29, 0.717) is 16.7 Å². The van der Waals surface area contributed by atoms with Crippen LogP contribution >= 0.6 is 23.2 Å². The second kappa shape index (κ2) is 6.76. The first-order valence-corrected chi connectivity index (χ1v) is 7.03. The molecule has 0 saturated heterocycles. The summed E-state index contributed by atoms with van der Waals surface area (Å²) in [6.45, 7) is 6.53. The van der Waals surface area contributed by atoms with Gasteiger partial charge in [0, 0.05) is 6.61 Å². The number of hydrogen-bond donors (Lipinski definition) is 1. The van der Waals surface area contributed by atoms with Crippen molar-refractivity contribution in [1.29, 1.82) is 0 Å². The summed E-state index contributed by atoms with van der Waals surface area (Å²) < 4.78 is 5.79. The number of aliphatic hydroxyl groups excluding tert-OH is 1. The number of halogens is 2. The first-order valence-electron chi connectivity index (χ1n) is 6.27. The average Bonchev–Trinajstić information content (AvgIpc) is 2.38. The number of rotatable bonds is 6. The lowest BCUT2D eigenvalue weighted by molar-refractivity contribution is -0.127. The smallest absolute Gasteiger partial charge is 0.108 e. The fourth-order valence-corrected chi connectivity index (χ4v) is 2.50. The molecule has 0 saturated carbocycles. The summed E-state index contributed by atoms with van der Waals surface area (Å²) in [6, 6.07) is 5.19. The molecule has 0 heterocycles. The van der Waals surface area contributed by atoms with Crippen LogP contribution in [0.4, 0.5) is 0 Å². The zero-order valence-corrected chi connectivity index (χ0v) is 12.6. The Labute approximate surface area is 119 Å². The SMILES string of the molecule is CCOC(CC)(CC)C(O)c1ccc(Cl)c(Cl)c1. The Bertz CT molecular complexity index is 389. The van der Waals surface area contributed by atoms with Crippen molar-refractivity contribution < 1.29 is 9.84 Å². The van der Waals surface area contributed by atoms with Crippen molar-refractivity contribution in [3.63, 3.8) is 0 Å². The maximum absolute atomic E-state index is 10.6. The van der Waals surface area contributed by atoms with E-state index in [1.165, 1.54) is 0 Å². The van der Waals surface area contributed by atoms with Gasteiger partial charge in [0.25, 0.3) is 0 Å². The molecule has 0 aromatic heterocycles. The van der Waals surface area contributed by atoms with Gasteiger partial charge >= 0.3 is 0 Å². The van der Waals surface area contributed by atoms with Crippen molar-refractivity contribution in [1.82, 2.24) is 0 Å². The summed E-state index contributed by atoms with van der Waals surface area (Å²) >= 11 is 11.9. The van der Waals surface area contributed by atoms with Gasteiger partial charge in [-0.3, -0.25) is 0 Å². The van der Waals surface area contributed by atoms with Crippen LogP contribution in [0.5, 0.6) is 0 Å². The zero-order valence-electron chi connectivity index (χ0n) is 11.0. The minimum atomic E-state index is -0.706. The van der Waals surface area contributed by atoms with Gasteiger partial charge in [-0.05, 0) is 37.5 Å². The van der Waals surface area contributed by atoms with Crippen LogP contribution in [0.1, 0.15) is 45.3 Å². The molecule has 18 heavy (non-hydrogen) atoms. The molecule has 0 aliphatic heterocycles. The van der Waals surface area contributed by atoms with Gasteiger partial charge in [-0.25, -0.2) is 0 Å². The van der Waals surface area contributed by atoms with Crippen LogP contribution in [0.25, 0.3) is 0 Å². The molecule has 0 aliphatic rings. The van der Waals surface area contributed by atoms with E-state index in [4.69, 9.17) is 27.9 Å². The number of aliphatic hydroxyl groups is 1. The highest BCUT2D eigenvalue weighted by Gasteiger charge is 2.36. The normalized spacial score (nSPS) is 13.7. The molecule has 102 valence electrons. The third kappa shape index (κ3) is 3.18. The van der Waals surface area contributed by atoms with Crippen molar-refractivity contribution in [3.8, 4) is 0 Å². The minimum absolute atomic E-state index is 0.450. The molecule has 0 bridgehead atoms. The Morgan fingerprint density at radius 3 is 2.22 bits per heavy atom. The van der Waals surface area contributed by atoms with Crippen LogP contribution in [0.15, 0.2) is 18.2 Å². The van der Waals surface area contributed by atoms with E-state index in [0.717, 1.165) is 18.4 Å². The van der Waals surface area contributed by atoms with Gasteiger partial charge in [-0.1, -0.05) is 43.1 Å². The molecule has 4 heteroatoms. The van der Waals surface area contributed by atoms with Crippen molar-refractivity contribution in [2.75, 3.05) is 6.61 Å². The van der Waals surface area contributed by atoms with Crippen molar-refractivity contribution in [3.05, 3.63) is 33.8 Å². The van der Waals surface area contributed by atoms with Crippen LogP contribution in [0.3, 0.4) is 0 Å². The second-order valence-corrected chi connectivity index (χ2v) is 5.10. The Morgan fingerprint density at radius 1 is 1.17 bits per heavy atom. The van der Waals surface area contributed by atoms with Gasteiger partial charge in [0.05, 0.1) is 15.6 Å². The number of ether oxygens (including phenoxy) is 1. The lowest BCUT2D eigenvalue weighted by atomic mass is 9.86. The van der Waals surface area contributed by atoms with Gasteiger partial charge in [-0.2, -0.15) is 0 Å². The Balaban J connectivity index is 3.08. The van der Waals surface area contributed by atoms with Crippen LogP contribution in [-0.4, -0.2) is 17.3 Å². The number of hydrogen-bond acceptors (Lipinski definition) is 2. The predicted octanol–water partition coefficient (Wildman–Crippen LogP) is 4.62. The molecule has 0 amide bonds. The molecule has 0 spiro atoms. The summed E-state index contributed by atoms with van der Waals surface area (Å²) in [6.07, 6.45) is 0.763. The summed E-state index contributed by atoms with van der Waals surface area (Å²) in [5.41, 5.74) is 0.174. The van der Waals surface area contributed by atoms with Crippen molar-refractivity contribution >= 4 is 23.2 Å². The van der Waals surface area contributed by atoms with Gasteiger partial charge < -0.3 is 9.84 Å². The lowest BCUT2D eigenvalue weighted by Crippen LogP contribution is -2.38. The van der Waals surface area contributed by atoms with Gasteiger partial charge in [0.1, 0.15) is 6.10 Å². The third-order valence-corrected chi connectivity index (χ3v) is 4.13. The molecular weight excluding hydrogens is 271 g/mol. The Morgan fingerprint density at radius 2 is 1.78 bits per heavy atom. The van der Waals surface area contributed by atoms with Crippen LogP contribution in [0, 0.1) is 0 Å². The Hall–Kier alpha value is -0.280. The van der Waals surface area contributed by atoms with E-state index in [1.807, 2.05) is 20.8 Å². The molecule has 1 atom stereocenters. The van der Waals surface area contributed by atoms with E-state index in [2.05, 4.69) is 0 Å².